The summed E-state index contributed by atoms with van der Waals surface area (Å²) in [6, 6.07) is 12.5. The first-order valence-corrected chi connectivity index (χ1v) is 8.24. The van der Waals surface area contributed by atoms with Crippen molar-refractivity contribution in [2.24, 2.45) is 0 Å². The van der Waals surface area contributed by atoms with E-state index >= 15 is 0 Å². The van der Waals surface area contributed by atoms with Gasteiger partial charge in [0.25, 0.3) is 5.56 Å². The number of rotatable bonds is 3. The molecule has 2 aromatic carbocycles. The predicted molar refractivity (Wildman–Crippen MR) is 93.0 cm³/mol. The van der Waals surface area contributed by atoms with Crippen molar-refractivity contribution < 1.29 is 14.6 Å². The number of fused-ring (bicyclic) bond motifs is 2. The van der Waals surface area contributed by atoms with E-state index in [1.165, 1.54) is 10.9 Å². The molecule has 4 rings (SSSR count). The normalized spacial score (nSPS) is 14.9. The Hall–Kier alpha value is -2.86. The Kier molecular flexibility index (Phi) is 4.11. The summed E-state index contributed by atoms with van der Waals surface area (Å²) in [5, 5.41) is 11.1. The summed E-state index contributed by atoms with van der Waals surface area (Å²) in [5.74, 6) is 1.30. The largest absolute Gasteiger partial charge is 0.490 e. The lowest BCUT2D eigenvalue weighted by Gasteiger charge is -2.15. The molecule has 1 aromatic heterocycles. The zero-order valence-electron chi connectivity index (χ0n) is 13.6. The second kappa shape index (κ2) is 6.57. The van der Waals surface area contributed by atoms with Gasteiger partial charge in [-0.1, -0.05) is 18.2 Å². The van der Waals surface area contributed by atoms with Crippen LogP contribution in [0.2, 0.25) is 0 Å². The average Bonchev–Trinajstić information content (AvgIpc) is 2.89. The summed E-state index contributed by atoms with van der Waals surface area (Å²) >= 11 is 0. The van der Waals surface area contributed by atoms with Crippen LogP contribution in [0.25, 0.3) is 10.9 Å². The van der Waals surface area contributed by atoms with E-state index < -0.39 is 6.10 Å². The lowest BCUT2D eigenvalue weighted by Crippen LogP contribution is -2.23. The summed E-state index contributed by atoms with van der Waals surface area (Å²) < 4.78 is 12.7. The molecule has 6 heteroatoms. The summed E-state index contributed by atoms with van der Waals surface area (Å²) in [4.78, 5) is 16.8. The van der Waals surface area contributed by atoms with Crippen molar-refractivity contribution in [3.8, 4) is 11.5 Å². The van der Waals surface area contributed by atoms with Crippen LogP contribution in [-0.2, 0) is 6.54 Å². The van der Waals surface area contributed by atoms with Gasteiger partial charge in [0.05, 0.1) is 43.1 Å². The second-order valence-corrected chi connectivity index (χ2v) is 5.99. The van der Waals surface area contributed by atoms with Gasteiger partial charge in [0.2, 0.25) is 0 Å². The molecule has 1 unspecified atom stereocenters. The highest BCUT2D eigenvalue weighted by atomic mass is 16.5. The maximum atomic E-state index is 12.5. The molecule has 0 saturated carbocycles. The number of hydrogen-bond donors (Lipinski definition) is 1. The first-order chi connectivity index (χ1) is 12.2. The maximum Gasteiger partial charge on any atom is 0.261 e. The maximum absolute atomic E-state index is 12.5. The molecule has 2 heterocycles. The zero-order valence-corrected chi connectivity index (χ0v) is 13.6. The fourth-order valence-electron chi connectivity index (χ4n) is 2.92. The third-order valence-corrected chi connectivity index (χ3v) is 4.26. The van der Waals surface area contributed by atoms with Gasteiger partial charge < -0.3 is 14.6 Å². The SMILES string of the molecule is O=c1c2ccccc2ncn1CC(O)c1ccc2c(c1)OCCCO2. The minimum Gasteiger partial charge on any atom is -0.490 e. The number of aromatic nitrogens is 2. The Balaban J connectivity index is 1.62. The first-order valence-electron chi connectivity index (χ1n) is 8.24. The smallest absolute Gasteiger partial charge is 0.261 e. The molecule has 0 spiro atoms. The molecule has 0 radical (unpaired) electrons. The van der Waals surface area contributed by atoms with Gasteiger partial charge in [-0.25, -0.2) is 4.98 Å². The van der Waals surface area contributed by atoms with Crippen molar-refractivity contribution in [1.82, 2.24) is 9.55 Å². The predicted octanol–water partition coefficient (Wildman–Crippen LogP) is 2.29. The van der Waals surface area contributed by atoms with Crippen LogP contribution in [-0.4, -0.2) is 27.9 Å². The number of aliphatic hydroxyl groups is 1. The van der Waals surface area contributed by atoms with E-state index in [9.17, 15) is 9.90 Å². The van der Waals surface area contributed by atoms with Crippen molar-refractivity contribution >= 4 is 10.9 Å². The van der Waals surface area contributed by atoms with E-state index in [1.807, 2.05) is 6.07 Å². The van der Waals surface area contributed by atoms with E-state index in [1.54, 1.807) is 36.4 Å². The van der Waals surface area contributed by atoms with Crippen molar-refractivity contribution in [2.45, 2.75) is 19.1 Å². The van der Waals surface area contributed by atoms with Gasteiger partial charge in [0.1, 0.15) is 0 Å². The number of hydrogen-bond acceptors (Lipinski definition) is 5. The lowest BCUT2D eigenvalue weighted by atomic mass is 10.1. The molecule has 1 atom stereocenters. The average molecular weight is 338 g/mol. The zero-order chi connectivity index (χ0) is 17.2. The van der Waals surface area contributed by atoms with E-state index in [4.69, 9.17) is 9.47 Å². The fourth-order valence-corrected chi connectivity index (χ4v) is 2.92. The molecule has 0 saturated heterocycles. The highest BCUT2D eigenvalue weighted by Gasteiger charge is 2.16. The van der Waals surface area contributed by atoms with Crippen molar-refractivity contribution in [3.63, 3.8) is 0 Å². The quantitative estimate of drug-likeness (QED) is 0.793. The third-order valence-electron chi connectivity index (χ3n) is 4.26. The standard InChI is InChI=1S/C19H18N2O4/c22-16(13-6-7-17-18(10-13)25-9-3-8-24-17)11-21-12-20-15-5-2-1-4-14(15)19(21)23/h1-2,4-7,10,12,16,22H,3,8-9,11H2. The van der Waals surface area contributed by atoms with Gasteiger partial charge in [0, 0.05) is 6.42 Å². The van der Waals surface area contributed by atoms with Crippen molar-refractivity contribution in [2.75, 3.05) is 13.2 Å². The van der Waals surface area contributed by atoms with Gasteiger partial charge in [-0.2, -0.15) is 0 Å². The highest BCUT2D eigenvalue weighted by Crippen LogP contribution is 2.32. The van der Waals surface area contributed by atoms with E-state index in [0.29, 0.717) is 41.2 Å². The molecule has 1 N–H and O–H groups in total. The van der Waals surface area contributed by atoms with Crippen molar-refractivity contribution in [3.05, 3.63) is 64.7 Å². The molecule has 0 fully saturated rings. The minimum absolute atomic E-state index is 0.121. The molecule has 0 amide bonds. The van der Waals surface area contributed by atoms with Crippen LogP contribution in [0.4, 0.5) is 0 Å². The second-order valence-electron chi connectivity index (χ2n) is 5.99. The molecule has 0 aliphatic carbocycles. The molecule has 128 valence electrons. The van der Waals surface area contributed by atoms with Gasteiger partial charge in [-0.15, -0.1) is 0 Å². The van der Waals surface area contributed by atoms with Gasteiger partial charge in [0.15, 0.2) is 11.5 Å². The van der Waals surface area contributed by atoms with Gasteiger partial charge in [-0.3, -0.25) is 9.36 Å². The number of nitrogens with zero attached hydrogens (tertiary/aromatic N) is 2. The Morgan fingerprint density at radius 3 is 2.80 bits per heavy atom. The monoisotopic (exact) mass is 338 g/mol. The first kappa shape index (κ1) is 15.7. The minimum atomic E-state index is -0.849. The number of benzene rings is 2. The van der Waals surface area contributed by atoms with Crippen LogP contribution in [0.1, 0.15) is 18.1 Å². The molecular formula is C19H18N2O4. The Morgan fingerprint density at radius 1 is 1.12 bits per heavy atom. The van der Waals surface area contributed by atoms with Crippen LogP contribution in [0.5, 0.6) is 11.5 Å². The molecule has 6 nitrogen and oxygen atoms in total. The Labute approximate surface area is 144 Å². The Morgan fingerprint density at radius 2 is 1.92 bits per heavy atom. The Bertz CT molecular complexity index is 967. The number of ether oxygens (including phenoxy) is 2. The van der Waals surface area contributed by atoms with E-state index in [0.717, 1.165) is 6.42 Å². The van der Waals surface area contributed by atoms with E-state index in [2.05, 4.69) is 4.98 Å². The van der Waals surface area contributed by atoms with Gasteiger partial charge >= 0.3 is 0 Å². The molecule has 25 heavy (non-hydrogen) atoms. The lowest BCUT2D eigenvalue weighted by molar-refractivity contribution is 0.154. The summed E-state index contributed by atoms with van der Waals surface area (Å²) in [7, 11) is 0. The molecule has 3 aromatic rings. The highest BCUT2D eigenvalue weighted by molar-refractivity contribution is 5.76. The molecule has 1 aliphatic rings. The van der Waals surface area contributed by atoms with Crippen LogP contribution < -0.4 is 15.0 Å². The summed E-state index contributed by atoms with van der Waals surface area (Å²) in [6.07, 6.45) is 1.44. The van der Waals surface area contributed by atoms with Crippen LogP contribution >= 0.6 is 0 Å². The third kappa shape index (κ3) is 3.08. The molecular weight excluding hydrogens is 320 g/mol. The fraction of sp³-hybridized carbons (Fsp3) is 0.263. The molecule has 1 aliphatic heterocycles. The topological polar surface area (TPSA) is 73.6 Å². The van der Waals surface area contributed by atoms with Crippen LogP contribution in [0.15, 0.2) is 53.6 Å². The number of para-hydroxylation sites is 1. The van der Waals surface area contributed by atoms with Crippen LogP contribution in [0.3, 0.4) is 0 Å². The van der Waals surface area contributed by atoms with Gasteiger partial charge in [-0.05, 0) is 29.8 Å². The summed E-state index contributed by atoms with van der Waals surface area (Å²) in [5.41, 5.74) is 1.15. The molecule has 0 bridgehead atoms. The number of aliphatic hydroxyl groups excluding tert-OH is 1. The summed E-state index contributed by atoms with van der Waals surface area (Å²) in [6.45, 7) is 1.32. The van der Waals surface area contributed by atoms with Crippen molar-refractivity contribution in [1.29, 1.82) is 0 Å². The van der Waals surface area contributed by atoms with Crippen LogP contribution in [0, 0.1) is 0 Å². The van der Waals surface area contributed by atoms with E-state index in [-0.39, 0.29) is 12.1 Å².